The monoisotopic (exact) mass is 237 g/mol. The fourth-order valence-corrected chi connectivity index (χ4v) is 1.29. The summed E-state index contributed by atoms with van der Waals surface area (Å²) in [6, 6.07) is 9.51. The number of hydrogen-bond acceptors (Lipinski definition) is 3. The van der Waals surface area contributed by atoms with E-state index in [2.05, 4.69) is 5.32 Å². The van der Waals surface area contributed by atoms with Crippen LogP contribution < -0.4 is 10.1 Å². The normalized spacial score (nSPS) is 11.9. The van der Waals surface area contributed by atoms with Gasteiger partial charge < -0.3 is 15.2 Å². The molecule has 0 unspecified atom stereocenters. The molecule has 0 fully saturated rings. The zero-order valence-corrected chi connectivity index (χ0v) is 10.1. The molecule has 1 atom stereocenters. The number of para-hydroxylation sites is 1. The molecule has 0 heterocycles. The van der Waals surface area contributed by atoms with E-state index in [0.29, 0.717) is 26.0 Å². The molecule has 0 aromatic heterocycles. The summed E-state index contributed by atoms with van der Waals surface area (Å²) >= 11 is 0. The maximum Gasteiger partial charge on any atom is 0.220 e. The third-order valence-corrected chi connectivity index (χ3v) is 2.15. The minimum atomic E-state index is -0.500. The molecular weight excluding hydrogens is 218 g/mol. The van der Waals surface area contributed by atoms with E-state index in [9.17, 15) is 4.79 Å². The number of benzene rings is 1. The Balaban J connectivity index is 2.06. The van der Waals surface area contributed by atoms with Crippen LogP contribution in [-0.4, -0.2) is 30.3 Å². The van der Waals surface area contributed by atoms with Gasteiger partial charge in [0.25, 0.3) is 0 Å². The summed E-state index contributed by atoms with van der Waals surface area (Å²) in [4.78, 5) is 11.3. The van der Waals surface area contributed by atoms with Crippen molar-refractivity contribution in [2.75, 3.05) is 13.2 Å². The first-order chi connectivity index (χ1) is 8.18. The Hall–Kier alpha value is -1.55. The second-order valence-electron chi connectivity index (χ2n) is 3.92. The van der Waals surface area contributed by atoms with Gasteiger partial charge in [0.05, 0.1) is 12.7 Å². The number of ether oxygens (including phenoxy) is 1. The topological polar surface area (TPSA) is 58.6 Å². The standard InChI is InChI=1S/C13H19NO3/c1-11(15)10-14-13(16)8-5-9-17-12-6-3-2-4-7-12/h2-4,6-7,11,15H,5,8-10H2,1H3,(H,14,16)/t11-/m1/s1. The summed E-state index contributed by atoms with van der Waals surface area (Å²) < 4.78 is 5.45. The van der Waals surface area contributed by atoms with E-state index in [1.54, 1.807) is 6.92 Å². The number of nitrogens with one attached hydrogen (secondary N) is 1. The van der Waals surface area contributed by atoms with Crippen LogP contribution in [0, 0.1) is 0 Å². The largest absolute Gasteiger partial charge is 0.494 e. The fraction of sp³-hybridized carbons (Fsp3) is 0.462. The van der Waals surface area contributed by atoms with Crippen molar-refractivity contribution in [2.45, 2.75) is 25.9 Å². The quantitative estimate of drug-likeness (QED) is 0.704. The third-order valence-electron chi connectivity index (χ3n) is 2.15. The number of amides is 1. The fourth-order valence-electron chi connectivity index (χ4n) is 1.29. The number of aliphatic hydroxyl groups excluding tert-OH is 1. The van der Waals surface area contributed by atoms with Gasteiger partial charge in [0.2, 0.25) is 5.91 Å². The molecule has 0 saturated heterocycles. The summed E-state index contributed by atoms with van der Waals surface area (Å²) in [6.07, 6.45) is 0.583. The molecule has 0 saturated carbocycles. The van der Waals surface area contributed by atoms with Gasteiger partial charge in [-0.15, -0.1) is 0 Å². The highest BCUT2D eigenvalue weighted by atomic mass is 16.5. The van der Waals surface area contributed by atoms with Crippen LogP contribution in [0.1, 0.15) is 19.8 Å². The van der Waals surface area contributed by atoms with Crippen LogP contribution in [0.3, 0.4) is 0 Å². The number of hydrogen-bond donors (Lipinski definition) is 2. The highest BCUT2D eigenvalue weighted by Gasteiger charge is 2.02. The smallest absolute Gasteiger partial charge is 0.220 e. The number of aliphatic hydroxyl groups is 1. The van der Waals surface area contributed by atoms with Crippen LogP contribution in [-0.2, 0) is 4.79 Å². The zero-order chi connectivity index (χ0) is 12.5. The van der Waals surface area contributed by atoms with Gasteiger partial charge in [0, 0.05) is 13.0 Å². The van der Waals surface area contributed by atoms with Gasteiger partial charge in [-0.2, -0.15) is 0 Å². The SMILES string of the molecule is C[C@@H](O)CNC(=O)CCCOc1ccccc1. The lowest BCUT2D eigenvalue weighted by Gasteiger charge is -2.08. The van der Waals surface area contributed by atoms with Crippen molar-refractivity contribution in [3.05, 3.63) is 30.3 Å². The predicted octanol–water partition coefficient (Wildman–Crippen LogP) is 1.34. The summed E-state index contributed by atoms with van der Waals surface area (Å²) in [6.45, 7) is 2.46. The van der Waals surface area contributed by atoms with Crippen LogP contribution in [0.2, 0.25) is 0 Å². The molecule has 4 nitrogen and oxygen atoms in total. The summed E-state index contributed by atoms with van der Waals surface area (Å²) in [5.74, 6) is 0.763. The number of carbonyl (C=O) groups excluding carboxylic acids is 1. The van der Waals surface area contributed by atoms with Gasteiger partial charge in [-0.3, -0.25) is 4.79 Å². The Kier molecular flexibility index (Phi) is 6.10. The Bertz CT molecular complexity index is 325. The highest BCUT2D eigenvalue weighted by molar-refractivity contribution is 5.75. The molecule has 1 aromatic rings. The van der Waals surface area contributed by atoms with Crippen LogP contribution in [0.5, 0.6) is 5.75 Å². The highest BCUT2D eigenvalue weighted by Crippen LogP contribution is 2.08. The second-order valence-corrected chi connectivity index (χ2v) is 3.92. The molecule has 1 rings (SSSR count). The van der Waals surface area contributed by atoms with Gasteiger partial charge in [-0.1, -0.05) is 18.2 Å². The maximum atomic E-state index is 11.3. The van der Waals surface area contributed by atoms with Crippen molar-refractivity contribution in [3.8, 4) is 5.75 Å². The molecule has 94 valence electrons. The van der Waals surface area contributed by atoms with E-state index in [-0.39, 0.29) is 5.91 Å². The van der Waals surface area contributed by atoms with Crippen LogP contribution in [0.25, 0.3) is 0 Å². The number of rotatable bonds is 7. The molecule has 17 heavy (non-hydrogen) atoms. The van der Waals surface area contributed by atoms with Gasteiger partial charge >= 0.3 is 0 Å². The van der Waals surface area contributed by atoms with Crippen molar-refractivity contribution in [2.24, 2.45) is 0 Å². The summed E-state index contributed by atoms with van der Waals surface area (Å²) in [7, 11) is 0. The van der Waals surface area contributed by atoms with Crippen molar-refractivity contribution < 1.29 is 14.6 Å². The molecule has 0 radical (unpaired) electrons. The van der Waals surface area contributed by atoms with Crippen LogP contribution in [0.4, 0.5) is 0 Å². The van der Waals surface area contributed by atoms with E-state index >= 15 is 0 Å². The van der Waals surface area contributed by atoms with Crippen LogP contribution >= 0.6 is 0 Å². The van der Waals surface area contributed by atoms with E-state index in [0.717, 1.165) is 5.75 Å². The molecule has 0 bridgehead atoms. The third kappa shape index (κ3) is 6.58. The van der Waals surface area contributed by atoms with Gasteiger partial charge in [-0.05, 0) is 25.5 Å². The predicted molar refractivity (Wildman–Crippen MR) is 65.9 cm³/mol. The van der Waals surface area contributed by atoms with E-state index in [1.807, 2.05) is 30.3 Å². The molecule has 1 amide bonds. The summed E-state index contributed by atoms with van der Waals surface area (Å²) in [5, 5.41) is 11.6. The molecule has 2 N–H and O–H groups in total. The Morgan fingerprint density at radius 1 is 1.41 bits per heavy atom. The number of carbonyl (C=O) groups is 1. The molecular formula is C13H19NO3. The Morgan fingerprint density at radius 2 is 2.12 bits per heavy atom. The van der Waals surface area contributed by atoms with E-state index in [1.165, 1.54) is 0 Å². The lowest BCUT2D eigenvalue weighted by Crippen LogP contribution is -2.30. The maximum absolute atomic E-state index is 11.3. The van der Waals surface area contributed by atoms with Crippen molar-refractivity contribution >= 4 is 5.91 Å². The molecule has 1 aromatic carbocycles. The molecule has 0 spiro atoms. The first-order valence-electron chi connectivity index (χ1n) is 5.81. The first kappa shape index (κ1) is 13.5. The first-order valence-corrected chi connectivity index (χ1v) is 5.81. The molecule has 0 aliphatic heterocycles. The van der Waals surface area contributed by atoms with Crippen molar-refractivity contribution in [3.63, 3.8) is 0 Å². The molecule has 4 heteroatoms. The van der Waals surface area contributed by atoms with Crippen LogP contribution in [0.15, 0.2) is 30.3 Å². The van der Waals surface area contributed by atoms with Gasteiger partial charge in [-0.25, -0.2) is 0 Å². The molecule has 0 aliphatic carbocycles. The molecule has 0 aliphatic rings. The average molecular weight is 237 g/mol. The second kappa shape index (κ2) is 7.68. The van der Waals surface area contributed by atoms with Crippen molar-refractivity contribution in [1.82, 2.24) is 5.32 Å². The van der Waals surface area contributed by atoms with Gasteiger partial charge in [0.15, 0.2) is 0 Å². The minimum Gasteiger partial charge on any atom is -0.494 e. The Morgan fingerprint density at radius 3 is 2.76 bits per heavy atom. The average Bonchev–Trinajstić information content (AvgIpc) is 2.33. The van der Waals surface area contributed by atoms with Gasteiger partial charge in [0.1, 0.15) is 5.75 Å². The van der Waals surface area contributed by atoms with E-state index in [4.69, 9.17) is 9.84 Å². The van der Waals surface area contributed by atoms with Crippen molar-refractivity contribution in [1.29, 1.82) is 0 Å². The zero-order valence-electron chi connectivity index (χ0n) is 10.1. The van der Waals surface area contributed by atoms with E-state index < -0.39 is 6.10 Å². The summed E-state index contributed by atoms with van der Waals surface area (Å²) in [5.41, 5.74) is 0. The Labute approximate surface area is 102 Å². The lowest BCUT2D eigenvalue weighted by molar-refractivity contribution is -0.121. The lowest BCUT2D eigenvalue weighted by atomic mass is 10.3. The minimum absolute atomic E-state index is 0.0532.